The Morgan fingerprint density at radius 1 is 1.17 bits per heavy atom. The van der Waals surface area contributed by atoms with Gasteiger partial charge in [0, 0.05) is 37.8 Å². The Labute approximate surface area is 205 Å². The van der Waals surface area contributed by atoms with Crippen LogP contribution >= 0.6 is 0 Å². The Morgan fingerprint density at radius 3 is 2.40 bits per heavy atom. The third-order valence-electron chi connectivity index (χ3n) is 6.61. The molecule has 196 valence electrons. The van der Waals surface area contributed by atoms with E-state index in [0.717, 1.165) is 38.1 Å². The smallest absolute Gasteiger partial charge is 0.416 e. The van der Waals surface area contributed by atoms with Crippen LogP contribution in [0.2, 0.25) is 0 Å². The highest BCUT2D eigenvalue weighted by Crippen LogP contribution is 2.36. The van der Waals surface area contributed by atoms with Gasteiger partial charge >= 0.3 is 12.3 Å². The Kier molecular flexibility index (Phi) is 8.45. The van der Waals surface area contributed by atoms with Crippen molar-refractivity contribution in [3.05, 3.63) is 29.3 Å². The Balaban J connectivity index is 1.88. The second kappa shape index (κ2) is 10.8. The quantitative estimate of drug-likeness (QED) is 0.421. The van der Waals surface area contributed by atoms with Gasteiger partial charge in [-0.1, -0.05) is 6.07 Å². The van der Waals surface area contributed by atoms with Crippen LogP contribution in [0.25, 0.3) is 0 Å². The zero-order valence-electron chi connectivity index (χ0n) is 20.0. The third kappa shape index (κ3) is 6.32. The van der Waals surface area contributed by atoms with Crippen molar-refractivity contribution in [2.24, 2.45) is 0 Å². The maximum absolute atomic E-state index is 13.4. The van der Waals surface area contributed by atoms with Crippen molar-refractivity contribution >= 4 is 29.0 Å². The van der Waals surface area contributed by atoms with Crippen LogP contribution in [-0.2, 0) is 33.4 Å². The lowest BCUT2D eigenvalue weighted by Crippen LogP contribution is -2.60. The number of carbonyl (C=O) groups is 2. The molecule has 0 N–H and O–H groups in total. The van der Waals surface area contributed by atoms with Crippen molar-refractivity contribution < 1.29 is 36.3 Å². The largest absolute Gasteiger partial charge is 0.724 e. The lowest BCUT2D eigenvalue weighted by atomic mass is 10.0. The van der Waals surface area contributed by atoms with Gasteiger partial charge in [0.1, 0.15) is 5.69 Å². The van der Waals surface area contributed by atoms with Gasteiger partial charge in [-0.25, -0.2) is 12.9 Å². The van der Waals surface area contributed by atoms with Crippen LogP contribution in [0.1, 0.15) is 24.0 Å². The molecular formula is C22H31F3N4O5S. The first kappa shape index (κ1) is 27.4. The van der Waals surface area contributed by atoms with Crippen molar-refractivity contribution in [2.75, 3.05) is 60.5 Å². The number of rotatable bonds is 6. The normalized spacial score (nSPS) is 20.7. The molecule has 0 aromatic heterocycles. The van der Waals surface area contributed by atoms with Crippen molar-refractivity contribution in [2.45, 2.75) is 31.5 Å². The maximum atomic E-state index is 13.4. The van der Waals surface area contributed by atoms with Crippen LogP contribution in [0, 0.1) is 0 Å². The molecule has 0 radical (unpaired) electrons. The Bertz CT molecular complexity index is 969. The summed E-state index contributed by atoms with van der Waals surface area (Å²) in [5, 5.41) is 0. The minimum atomic E-state index is -4.66. The Morgan fingerprint density at radius 2 is 1.83 bits per heavy atom. The molecule has 1 aromatic carbocycles. The standard InChI is InChI=1S/C22H31F3N4O5S/c1-29(2,35(32)33)19-13-17(22(23,24)25)7-6-16(19)12-20(30)28-11-10-27(21(31)34-3)15-18(28)14-26-8-4-5-9-26/h6-7,13,18H,4-5,8-12,14-15H2,1-3H3/t18-/m1/s1. The fraction of sp³-hybridized carbons (Fsp3) is 0.636. The molecule has 2 amide bonds. The highest BCUT2D eigenvalue weighted by atomic mass is 32.2. The molecule has 2 heterocycles. The number of methoxy groups -OCH3 is 1. The van der Waals surface area contributed by atoms with Crippen molar-refractivity contribution in [3.63, 3.8) is 0 Å². The first-order valence-electron chi connectivity index (χ1n) is 11.3. The maximum Gasteiger partial charge on any atom is 0.416 e. The van der Waals surface area contributed by atoms with Crippen LogP contribution in [-0.4, -0.2) is 102 Å². The number of halogens is 3. The number of quaternary nitrogens is 1. The van der Waals surface area contributed by atoms with E-state index in [0.29, 0.717) is 6.54 Å². The molecule has 13 heteroatoms. The molecule has 2 aliphatic heterocycles. The van der Waals surface area contributed by atoms with Gasteiger partial charge in [0.25, 0.3) is 0 Å². The number of hydrogen-bond acceptors (Lipinski definition) is 6. The van der Waals surface area contributed by atoms with Gasteiger partial charge in [-0.3, -0.25) is 4.79 Å². The lowest BCUT2D eigenvalue weighted by molar-refractivity contribution is -0.137. The van der Waals surface area contributed by atoms with E-state index < -0.39 is 33.0 Å². The number of ether oxygens (including phenoxy) is 1. The molecular weight excluding hydrogens is 489 g/mol. The average molecular weight is 521 g/mol. The molecule has 0 spiro atoms. The van der Waals surface area contributed by atoms with Gasteiger partial charge in [-0.15, -0.1) is 0 Å². The van der Waals surface area contributed by atoms with E-state index in [2.05, 4.69) is 4.90 Å². The molecule has 3 rings (SSSR count). The zero-order valence-corrected chi connectivity index (χ0v) is 20.9. The number of benzene rings is 1. The predicted molar refractivity (Wildman–Crippen MR) is 123 cm³/mol. The summed E-state index contributed by atoms with van der Waals surface area (Å²) in [6.45, 7) is 3.13. The van der Waals surface area contributed by atoms with E-state index in [4.69, 9.17) is 4.74 Å². The summed E-state index contributed by atoms with van der Waals surface area (Å²) in [6, 6.07) is 2.50. The number of likely N-dealkylation sites (tertiary alicyclic amines) is 1. The van der Waals surface area contributed by atoms with Gasteiger partial charge in [0.15, 0.2) is 11.3 Å². The fourth-order valence-corrected chi connectivity index (χ4v) is 4.96. The molecule has 0 saturated carbocycles. The van der Waals surface area contributed by atoms with E-state index in [1.165, 1.54) is 32.2 Å². The van der Waals surface area contributed by atoms with Gasteiger partial charge in [0.2, 0.25) is 5.91 Å². The number of piperazine rings is 1. The van der Waals surface area contributed by atoms with Crippen LogP contribution in [0.15, 0.2) is 18.2 Å². The van der Waals surface area contributed by atoms with E-state index in [-0.39, 0.29) is 49.3 Å². The molecule has 35 heavy (non-hydrogen) atoms. The fourth-order valence-electron chi connectivity index (χ4n) is 4.63. The molecule has 2 saturated heterocycles. The molecule has 1 unspecified atom stereocenters. The van der Waals surface area contributed by atoms with Crippen LogP contribution in [0.4, 0.5) is 23.7 Å². The SMILES string of the molecule is COC(=O)N1CCN(C(=O)Cc2ccc(C(F)(F)F)cc2[N+](C)(C)S(=O)[O-])[C@H](CN2CCCC2)C1. The summed E-state index contributed by atoms with van der Waals surface area (Å²) >= 11 is -2.78. The Hall–Kier alpha value is -2.22. The van der Waals surface area contributed by atoms with Crippen molar-refractivity contribution in [3.8, 4) is 0 Å². The van der Waals surface area contributed by atoms with Gasteiger partial charge < -0.3 is 24.0 Å². The number of nitrogens with zero attached hydrogens (tertiary/aromatic N) is 4. The summed E-state index contributed by atoms with van der Waals surface area (Å²) in [4.78, 5) is 30.9. The summed E-state index contributed by atoms with van der Waals surface area (Å²) in [7, 11) is 3.79. The average Bonchev–Trinajstić information content (AvgIpc) is 3.30. The van der Waals surface area contributed by atoms with Crippen molar-refractivity contribution in [1.29, 1.82) is 0 Å². The first-order valence-corrected chi connectivity index (χ1v) is 12.4. The zero-order chi connectivity index (χ0) is 26.0. The molecule has 2 fully saturated rings. The molecule has 0 aliphatic carbocycles. The topological polar surface area (TPSA) is 93.2 Å². The molecule has 2 atom stereocenters. The van der Waals surface area contributed by atoms with Crippen LogP contribution in [0.5, 0.6) is 0 Å². The van der Waals surface area contributed by atoms with Crippen LogP contribution in [0.3, 0.4) is 0 Å². The second-order valence-electron chi connectivity index (χ2n) is 9.25. The monoisotopic (exact) mass is 520 g/mol. The number of amides is 2. The van der Waals surface area contributed by atoms with Gasteiger partial charge in [-0.2, -0.15) is 13.2 Å². The predicted octanol–water partition coefficient (Wildman–Crippen LogP) is 1.98. The molecule has 2 aliphatic rings. The molecule has 0 bridgehead atoms. The summed E-state index contributed by atoms with van der Waals surface area (Å²) < 4.78 is 67.6. The van der Waals surface area contributed by atoms with E-state index in [1.54, 1.807) is 4.90 Å². The van der Waals surface area contributed by atoms with E-state index in [9.17, 15) is 31.5 Å². The van der Waals surface area contributed by atoms with Gasteiger partial charge in [-0.05, 0) is 32.0 Å². The highest BCUT2D eigenvalue weighted by molar-refractivity contribution is 7.78. The van der Waals surface area contributed by atoms with Crippen molar-refractivity contribution in [1.82, 2.24) is 18.6 Å². The minimum absolute atomic E-state index is 0.120. The summed E-state index contributed by atoms with van der Waals surface area (Å²) in [6.07, 6.45) is -3.30. The number of alkyl halides is 3. The second-order valence-corrected chi connectivity index (χ2v) is 10.6. The third-order valence-corrected chi connectivity index (χ3v) is 7.55. The van der Waals surface area contributed by atoms with Crippen LogP contribution < -0.4 is 3.89 Å². The number of hydrogen-bond donors (Lipinski definition) is 0. The van der Waals surface area contributed by atoms with E-state index in [1.807, 2.05) is 0 Å². The lowest BCUT2D eigenvalue weighted by Gasteiger charge is -2.42. The van der Waals surface area contributed by atoms with Gasteiger partial charge in [0.05, 0.1) is 39.2 Å². The molecule has 9 nitrogen and oxygen atoms in total. The summed E-state index contributed by atoms with van der Waals surface area (Å²) in [5.41, 5.74) is -0.905. The van der Waals surface area contributed by atoms with E-state index >= 15 is 0 Å². The molecule has 1 aromatic rings. The highest BCUT2D eigenvalue weighted by Gasteiger charge is 2.37. The minimum Gasteiger partial charge on any atom is -0.724 e. The summed E-state index contributed by atoms with van der Waals surface area (Å²) in [5.74, 6) is -0.337. The number of carbonyl (C=O) groups excluding carboxylic acids is 2. The first-order chi connectivity index (χ1) is 16.3.